The molecule has 2 bridgehead atoms. The van der Waals surface area contributed by atoms with Gasteiger partial charge in [0.1, 0.15) is 23.8 Å². The summed E-state index contributed by atoms with van der Waals surface area (Å²) in [4.78, 5) is 4.91. The van der Waals surface area contributed by atoms with Gasteiger partial charge in [-0.25, -0.2) is 5.90 Å². The smallest absolute Gasteiger partial charge is 0.127 e. The number of fused-ring (bicyclic) bond motifs is 4. The molecule has 1 aromatic rings. The third-order valence-electron chi connectivity index (χ3n) is 6.76. The fraction of sp³-hybridized carbons (Fsp3) is 0.650. The first kappa shape index (κ1) is 17.8. The molecule has 0 aromatic heterocycles. The van der Waals surface area contributed by atoms with Gasteiger partial charge in [0.25, 0.3) is 0 Å². The van der Waals surface area contributed by atoms with Crippen LogP contribution in [0.15, 0.2) is 18.2 Å². The molecule has 4 aliphatic rings. The molecule has 2 atom stereocenters. The molecule has 0 spiro atoms. The van der Waals surface area contributed by atoms with Gasteiger partial charge in [-0.2, -0.15) is 0 Å². The lowest BCUT2D eigenvalue weighted by Crippen LogP contribution is -2.61. The second-order valence-electron chi connectivity index (χ2n) is 8.50. The first-order valence-electron chi connectivity index (χ1n) is 9.73. The van der Waals surface area contributed by atoms with E-state index < -0.39 is 0 Å². The van der Waals surface area contributed by atoms with Crippen LogP contribution >= 0.6 is 0 Å². The van der Waals surface area contributed by atoms with Crippen molar-refractivity contribution < 1.29 is 9.57 Å². The highest BCUT2D eigenvalue weighted by atomic mass is 16.6. The predicted molar refractivity (Wildman–Crippen MR) is 101 cm³/mol. The molecular weight excluding hydrogens is 328 g/mol. The summed E-state index contributed by atoms with van der Waals surface area (Å²) in [5.41, 5.74) is 8.60. The van der Waals surface area contributed by atoms with Crippen molar-refractivity contribution in [1.29, 1.82) is 5.41 Å². The normalized spacial score (nSPS) is 33.9. The highest BCUT2D eigenvalue weighted by Crippen LogP contribution is 2.45. The van der Waals surface area contributed by atoms with Gasteiger partial charge in [-0.1, -0.05) is 0 Å². The number of amidine groups is 1. The molecule has 1 heterocycles. The average molecular weight is 358 g/mol. The van der Waals surface area contributed by atoms with E-state index in [-0.39, 0.29) is 23.3 Å². The Morgan fingerprint density at radius 3 is 2.62 bits per heavy atom. The van der Waals surface area contributed by atoms with Crippen LogP contribution in [0.25, 0.3) is 0 Å². The molecule has 1 aromatic carbocycles. The number of ether oxygens (including phenoxy) is 1. The van der Waals surface area contributed by atoms with Crippen molar-refractivity contribution in [2.45, 2.75) is 81.6 Å². The summed E-state index contributed by atoms with van der Waals surface area (Å²) in [6.45, 7) is 1.92. The molecule has 3 saturated carbocycles. The fourth-order valence-electron chi connectivity index (χ4n) is 4.72. The van der Waals surface area contributed by atoms with Crippen LogP contribution in [-0.2, 0) is 11.3 Å². The zero-order chi connectivity index (χ0) is 18.4. The first-order valence-corrected chi connectivity index (χ1v) is 9.73. The SMILES string of the molecule is C[C@H](ON)[C@H]1CCc2cc(C(=N)NC34CCC(N)(CC3)CC4)ccc2O1. The summed E-state index contributed by atoms with van der Waals surface area (Å²) in [5.74, 6) is 6.68. The van der Waals surface area contributed by atoms with Gasteiger partial charge in [0.15, 0.2) is 0 Å². The lowest BCUT2D eigenvalue weighted by molar-refractivity contribution is -0.0238. The van der Waals surface area contributed by atoms with Crippen molar-refractivity contribution in [1.82, 2.24) is 5.32 Å². The van der Waals surface area contributed by atoms with Gasteiger partial charge < -0.3 is 15.8 Å². The van der Waals surface area contributed by atoms with Crippen LogP contribution in [0.5, 0.6) is 5.75 Å². The zero-order valence-electron chi connectivity index (χ0n) is 15.5. The maximum atomic E-state index is 8.60. The minimum absolute atomic E-state index is 0.0178. The van der Waals surface area contributed by atoms with Gasteiger partial charge in [-0.05, 0) is 82.1 Å². The quantitative estimate of drug-likeness (QED) is 0.376. The summed E-state index contributed by atoms with van der Waals surface area (Å²) < 4.78 is 6.02. The minimum Gasteiger partial charge on any atom is -0.487 e. The maximum absolute atomic E-state index is 8.60. The van der Waals surface area contributed by atoms with Crippen molar-refractivity contribution in [2.24, 2.45) is 11.6 Å². The molecule has 0 unspecified atom stereocenters. The number of benzene rings is 1. The third-order valence-corrected chi connectivity index (χ3v) is 6.76. The fourth-order valence-corrected chi connectivity index (χ4v) is 4.72. The maximum Gasteiger partial charge on any atom is 0.127 e. The van der Waals surface area contributed by atoms with Crippen LogP contribution in [0.1, 0.15) is 63.0 Å². The summed E-state index contributed by atoms with van der Waals surface area (Å²) >= 11 is 0. The van der Waals surface area contributed by atoms with E-state index in [1.54, 1.807) is 0 Å². The minimum atomic E-state index is -0.130. The Balaban J connectivity index is 1.45. The van der Waals surface area contributed by atoms with Crippen molar-refractivity contribution in [2.75, 3.05) is 0 Å². The molecule has 6 nitrogen and oxygen atoms in total. The Morgan fingerprint density at radius 2 is 1.96 bits per heavy atom. The molecule has 3 aliphatic carbocycles. The topological polar surface area (TPSA) is 106 Å². The largest absolute Gasteiger partial charge is 0.487 e. The van der Waals surface area contributed by atoms with E-state index in [1.165, 1.54) is 0 Å². The molecule has 142 valence electrons. The molecule has 6 N–H and O–H groups in total. The standard InChI is InChI=1S/C20H30N4O2/c1-13(26-23)16-4-2-14-12-15(3-5-17(14)25-16)18(21)24-20-9-6-19(22,7-10-20)8-11-20/h3,5,12-13,16H,2,4,6-11,22-23H2,1H3,(H2,21,24)/t13-,16+,19?,20?/m0/s1. The molecule has 3 fully saturated rings. The molecule has 26 heavy (non-hydrogen) atoms. The van der Waals surface area contributed by atoms with Crippen LogP contribution in [0.4, 0.5) is 0 Å². The number of aryl methyl sites for hydroxylation is 1. The van der Waals surface area contributed by atoms with Crippen molar-refractivity contribution in [3.05, 3.63) is 29.3 Å². The van der Waals surface area contributed by atoms with E-state index in [2.05, 4.69) is 11.4 Å². The number of nitrogens with one attached hydrogen (secondary N) is 2. The van der Waals surface area contributed by atoms with E-state index in [9.17, 15) is 0 Å². The third kappa shape index (κ3) is 3.21. The van der Waals surface area contributed by atoms with Gasteiger partial charge in [-0.15, -0.1) is 0 Å². The highest BCUT2D eigenvalue weighted by molar-refractivity contribution is 5.97. The Labute approximate surface area is 155 Å². The van der Waals surface area contributed by atoms with Gasteiger partial charge in [0.2, 0.25) is 0 Å². The van der Waals surface area contributed by atoms with Gasteiger partial charge in [-0.3, -0.25) is 10.2 Å². The average Bonchev–Trinajstić information content (AvgIpc) is 2.67. The molecule has 1 aliphatic heterocycles. The van der Waals surface area contributed by atoms with Crippen LogP contribution in [0.3, 0.4) is 0 Å². The van der Waals surface area contributed by atoms with E-state index in [0.29, 0.717) is 5.84 Å². The first-order chi connectivity index (χ1) is 12.4. The highest BCUT2D eigenvalue weighted by Gasteiger charge is 2.47. The number of rotatable bonds is 4. The Bertz CT molecular complexity index is 681. The molecule has 0 saturated heterocycles. The van der Waals surface area contributed by atoms with Crippen molar-refractivity contribution in [3.8, 4) is 5.75 Å². The number of hydrogen-bond acceptors (Lipinski definition) is 5. The summed E-state index contributed by atoms with van der Waals surface area (Å²) in [5, 5.41) is 12.1. The Kier molecular flexibility index (Phi) is 4.45. The van der Waals surface area contributed by atoms with Crippen molar-refractivity contribution in [3.63, 3.8) is 0 Å². The Morgan fingerprint density at radius 1 is 1.27 bits per heavy atom. The second kappa shape index (κ2) is 6.51. The summed E-state index contributed by atoms with van der Waals surface area (Å²) in [6, 6.07) is 6.03. The monoisotopic (exact) mass is 358 g/mol. The molecule has 0 radical (unpaired) electrons. The van der Waals surface area contributed by atoms with Gasteiger partial charge in [0.05, 0.1) is 0 Å². The predicted octanol–water partition coefficient (Wildman–Crippen LogP) is 2.38. The second-order valence-corrected chi connectivity index (χ2v) is 8.50. The van der Waals surface area contributed by atoms with E-state index in [1.807, 2.05) is 19.1 Å². The van der Waals surface area contributed by atoms with Gasteiger partial charge >= 0.3 is 0 Å². The Hall–Kier alpha value is -1.63. The molecule has 0 amide bonds. The van der Waals surface area contributed by atoms with Crippen LogP contribution in [0.2, 0.25) is 0 Å². The lowest BCUT2D eigenvalue weighted by atomic mass is 9.62. The van der Waals surface area contributed by atoms with Crippen LogP contribution in [0, 0.1) is 5.41 Å². The molecule has 6 heteroatoms. The number of nitrogens with two attached hydrogens (primary N) is 2. The molecular formula is C20H30N4O2. The van der Waals surface area contributed by atoms with Crippen molar-refractivity contribution >= 4 is 5.84 Å². The molecule has 5 rings (SSSR count). The van der Waals surface area contributed by atoms with Crippen LogP contribution < -0.4 is 21.7 Å². The summed E-state index contributed by atoms with van der Waals surface area (Å²) in [6.07, 6.45) is 8.03. The van der Waals surface area contributed by atoms with E-state index in [4.69, 9.17) is 26.6 Å². The van der Waals surface area contributed by atoms with Crippen LogP contribution in [-0.4, -0.2) is 29.1 Å². The number of hydrogen-bond donors (Lipinski definition) is 4. The summed E-state index contributed by atoms with van der Waals surface area (Å²) in [7, 11) is 0. The lowest BCUT2D eigenvalue weighted by Gasteiger charge is -2.52. The van der Waals surface area contributed by atoms with Gasteiger partial charge in [0, 0.05) is 16.6 Å². The van der Waals surface area contributed by atoms with E-state index in [0.717, 1.165) is 68.2 Å². The van der Waals surface area contributed by atoms with E-state index >= 15 is 0 Å². The zero-order valence-corrected chi connectivity index (χ0v) is 15.5.